The first-order valence-corrected chi connectivity index (χ1v) is 7.15. The van der Waals surface area contributed by atoms with E-state index in [0.29, 0.717) is 11.3 Å². The number of amides is 1. The zero-order chi connectivity index (χ0) is 13.9. The Morgan fingerprint density at radius 2 is 1.63 bits per heavy atom. The largest absolute Gasteiger partial charge is 1.00 e. The van der Waals surface area contributed by atoms with Crippen molar-refractivity contribution < 1.29 is 42.8 Å². The first-order chi connectivity index (χ1) is 8.24. The van der Waals surface area contributed by atoms with Gasteiger partial charge in [-0.15, -0.1) is 0 Å². The van der Waals surface area contributed by atoms with Crippen molar-refractivity contribution in [3.05, 3.63) is 35.6 Å². The van der Waals surface area contributed by atoms with E-state index in [1.165, 1.54) is 0 Å². The van der Waals surface area contributed by atoms with E-state index in [1.54, 1.807) is 45.0 Å². The number of anilines is 1. The summed E-state index contributed by atoms with van der Waals surface area (Å²) < 4.78 is 25.7. The van der Waals surface area contributed by atoms with Crippen molar-refractivity contribution in [3.63, 3.8) is 0 Å². The number of benzene rings is 1. The van der Waals surface area contributed by atoms with Crippen molar-refractivity contribution in [2.24, 2.45) is 0 Å². The molecule has 0 radical (unpaired) electrons. The van der Waals surface area contributed by atoms with Gasteiger partial charge in [-0.1, -0.05) is 19.1 Å². The van der Waals surface area contributed by atoms with Gasteiger partial charge in [0.25, 0.3) is 0 Å². The van der Waals surface area contributed by atoms with E-state index in [9.17, 15) is 13.2 Å². The van der Waals surface area contributed by atoms with Crippen LogP contribution < -0.4 is 34.3 Å². The van der Waals surface area contributed by atoms with Crippen LogP contribution in [-0.2, 0) is 14.8 Å². The molecule has 0 aliphatic carbocycles. The molecule has 0 heterocycles. The normalized spacial score (nSPS) is 12.6. The van der Waals surface area contributed by atoms with Crippen LogP contribution in [0, 0.1) is 0 Å². The topological polar surface area (TPSA) is 87.0 Å². The summed E-state index contributed by atoms with van der Waals surface area (Å²) in [5.74, 6) is -1.16. The van der Waals surface area contributed by atoms with Crippen LogP contribution in [0.25, 0.3) is 5.73 Å². The fourth-order valence-corrected chi connectivity index (χ4v) is 1.97. The van der Waals surface area contributed by atoms with E-state index < -0.39 is 27.1 Å². The molecule has 0 aliphatic rings. The minimum absolute atomic E-state index is 0. The molecule has 2 N–H and O–H groups in total. The maximum atomic E-state index is 11.6. The number of hydrogen-bond donors (Lipinski definition) is 1. The minimum Gasteiger partial charge on any atom is -0.667 e. The number of nitrogens with one attached hydrogen (secondary N) is 2. The molecule has 0 spiro atoms. The Balaban J connectivity index is 0.00000324. The van der Waals surface area contributed by atoms with E-state index in [0.717, 1.165) is 0 Å². The molecule has 0 bridgehead atoms. The van der Waals surface area contributed by atoms with Gasteiger partial charge in [-0.25, -0.2) is 8.42 Å². The summed E-state index contributed by atoms with van der Waals surface area (Å²) in [5.41, 5.74) is 8.18. The molecule has 7 heteroatoms. The third-order valence-electron chi connectivity index (χ3n) is 2.68. The van der Waals surface area contributed by atoms with E-state index in [4.69, 9.17) is 5.73 Å². The van der Waals surface area contributed by atoms with Gasteiger partial charge in [-0.2, -0.15) is 0 Å². The maximum absolute atomic E-state index is 11.6. The SMILES string of the molecule is CC(C)S(=O)(=O)Nc1ccc([C@@H](C)C([NH-])=O)cc1.[Na+]. The number of hydrogen-bond acceptors (Lipinski definition) is 3. The zero-order valence-electron chi connectivity index (χ0n) is 11.6. The van der Waals surface area contributed by atoms with Crippen LogP contribution in [-0.4, -0.2) is 19.6 Å². The molecular formula is C12H17N2NaO3S. The zero-order valence-corrected chi connectivity index (χ0v) is 14.4. The Labute approximate surface area is 136 Å². The summed E-state index contributed by atoms with van der Waals surface area (Å²) >= 11 is 0. The summed E-state index contributed by atoms with van der Waals surface area (Å²) in [4.78, 5) is 10.9. The second-order valence-electron chi connectivity index (χ2n) is 4.40. The quantitative estimate of drug-likeness (QED) is 0.744. The van der Waals surface area contributed by atoms with Crippen LogP contribution in [0.15, 0.2) is 24.3 Å². The first kappa shape index (κ1) is 18.4. The Bertz CT molecular complexity index is 526. The van der Waals surface area contributed by atoms with Crippen LogP contribution in [0.1, 0.15) is 32.3 Å². The standard InChI is InChI=1S/C12H18N2O3S.Na/c1-8(2)18(16,17)14-11-6-4-10(5-7-11)9(3)12(13)15;/h4-9,14H,1-3H3,(H2,13,15);/q;+1/p-1/t9-;/m1./s1. The van der Waals surface area contributed by atoms with E-state index >= 15 is 0 Å². The van der Waals surface area contributed by atoms with Gasteiger partial charge >= 0.3 is 29.6 Å². The van der Waals surface area contributed by atoms with E-state index in [-0.39, 0.29) is 29.6 Å². The molecule has 0 aliphatic heterocycles. The molecule has 0 saturated carbocycles. The molecule has 19 heavy (non-hydrogen) atoms. The molecule has 0 unspecified atom stereocenters. The van der Waals surface area contributed by atoms with Gasteiger partial charge in [0, 0.05) is 11.6 Å². The molecule has 0 saturated heterocycles. The van der Waals surface area contributed by atoms with Crippen LogP contribution >= 0.6 is 0 Å². The van der Waals surface area contributed by atoms with Gasteiger partial charge in [0.05, 0.1) is 11.2 Å². The Morgan fingerprint density at radius 3 is 2.00 bits per heavy atom. The second kappa shape index (κ2) is 7.28. The predicted octanol–water partition coefficient (Wildman–Crippen LogP) is -0.477. The maximum Gasteiger partial charge on any atom is 1.00 e. The first-order valence-electron chi connectivity index (χ1n) is 5.61. The van der Waals surface area contributed by atoms with Crippen LogP contribution in [0.5, 0.6) is 0 Å². The third kappa shape index (κ3) is 5.14. The average molecular weight is 292 g/mol. The molecular weight excluding hydrogens is 275 g/mol. The van der Waals surface area contributed by atoms with Crippen LogP contribution in [0.4, 0.5) is 5.69 Å². The smallest absolute Gasteiger partial charge is 0.667 e. The summed E-state index contributed by atoms with van der Waals surface area (Å²) in [7, 11) is -3.35. The fourth-order valence-electron chi connectivity index (χ4n) is 1.27. The molecule has 1 aromatic carbocycles. The number of sulfonamides is 1. The predicted molar refractivity (Wildman–Crippen MR) is 71.9 cm³/mol. The summed E-state index contributed by atoms with van der Waals surface area (Å²) in [6.07, 6.45) is 0. The molecule has 0 fully saturated rings. The van der Waals surface area contributed by atoms with Gasteiger partial charge < -0.3 is 10.5 Å². The molecule has 1 rings (SSSR count). The molecule has 1 amide bonds. The van der Waals surface area contributed by atoms with Gasteiger partial charge in [0.15, 0.2) is 0 Å². The van der Waals surface area contributed by atoms with Crippen molar-refractivity contribution in [2.75, 3.05) is 4.72 Å². The summed E-state index contributed by atoms with van der Waals surface area (Å²) in [5, 5.41) is -0.508. The number of carbonyl (C=O) groups excluding carboxylic acids is 1. The summed E-state index contributed by atoms with van der Waals surface area (Å²) in [6, 6.07) is 6.48. The molecule has 100 valence electrons. The van der Waals surface area contributed by atoms with Crippen molar-refractivity contribution in [2.45, 2.75) is 31.9 Å². The van der Waals surface area contributed by atoms with Gasteiger partial charge in [0.1, 0.15) is 0 Å². The number of carbonyl (C=O) groups is 1. The monoisotopic (exact) mass is 292 g/mol. The molecule has 1 atom stereocenters. The molecule has 5 nitrogen and oxygen atoms in total. The minimum atomic E-state index is -3.35. The molecule has 0 aromatic heterocycles. The Hall–Kier alpha value is -0.560. The van der Waals surface area contributed by atoms with Gasteiger partial charge in [-0.05, 0) is 31.5 Å². The average Bonchev–Trinajstić information content (AvgIpc) is 2.28. The fraction of sp³-hybridized carbons (Fsp3) is 0.417. The van der Waals surface area contributed by atoms with E-state index in [2.05, 4.69) is 4.72 Å². The van der Waals surface area contributed by atoms with Crippen molar-refractivity contribution in [1.82, 2.24) is 0 Å². The van der Waals surface area contributed by atoms with Gasteiger partial charge in [-0.3, -0.25) is 4.72 Å². The van der Waals surface area contributed by atoms with E-state index in [1.807, 2.05) is 0 Å². The Kier molecular flexibility index (Phi) is 7.07. The van der Waals surface area contributed by atoms with Crippen molar-refractivity contribution in [3.8, 4) is 0 Å². The molecule has 1 aromatic rings. The van der Waals surface area contributed by atoms with Crippen LogP contribution in [0.2, 0.25) is 0 Å². The van der Waals surface area contributed by atoms with Crippen molar-refractivity contribution >= 4 is 21.6 Å². The van der Waals surface area contributed by atoms with Gasteiger partial charge in [0.2, 0.25) is 10.0 Å². The van der Waals surface area contributed by atoms with Crippen molar-refractivity contribution in [1.29, 1.82) is 0 Å². The number of rotatable bonds is 5. The Morgan fingerprint density at radius 1 is 1.16 bits per heavy atom. The third-order valence-corrected chi connectivity index (χ3v) is 4.45. The van der Waals surface area contributed by atoms with Crippen LogP contribution in [0.3, 0.4) is 0 Å². The second-order valence-corrected chi connectivity index (χ2v) is 6.64. The summed E-state index contributed by atoms with van der Waals surface area (Å²) in [6.45, 7) is 4.83.